The molecule has 0 amide bonds. The number of hydrogen-bond donors (Lipinski definition) is 1. The van der Waals surface area contributed by atoms with E-state index >= 15 is 0 Å². The van der Waals surface area contributed by atoms with Gasteiger partial charge in [0, 0.05) is 17.3 Å². The second-order valence-electron chi connectivity index (χ2n) is 4.87. The van der Waals surface area contributed by atoms with Crippen molar-refractivity contribution in [3.05, 3.63) is 36.2 Å². The molecule has 0 aliphatic heterocycles. The van der Waals surface area contributed by atoms with Gasteiger partial charge in [-0.3, -0.25) is 0 Å². The molecular formula is C16H23N. The van der Waals surface area contributed by atoms with Gasteiger partial charge in [-0.1, -0.05) is 63.3 Å². The van der Waals surface area contributed by atoms with Crippen LogP contribution in [0.15, 0.2) is 30.5 Å². The van der Waals surface area contributed by atoms with Gasteiger partial charge in [-0.2, -0.15) is 0 Å². The van der Waals surface area contributed by atoms with Crippen LogP contribution in [0, 0.1) is 0 Å². The predicted molar refractivity (Wildman–Crippen MR) is 75.4 cm³/mol. The van der Waals surface area contributed by atoms with Gasteiger partial charge in [-0.05, 0) is 18.2 Å². The van der Waals surface area contributed by atoms with Gasteiger partial charge in [0.1, 0.15) is 0 Å². The first-order chi connectivity index (χ1) is 8.42. The van der Waals surface area contributed by atoms with Crippen LogP contribution in [0.4, 0.5) is 0 Å². The Hall–Kier alpha value is -1.24. The standard InChI is InChI=1S/C16H23N/c1-2-3-4-5-6-7-12-16-15-11-9-8-10-14(15)13-17-16/h8-11,13,17H,2-7,12H2,1H3. The van der Waals surface area contributed by atoms with Crippen LogP contribution in [0.5, 0.6) is 0 Å². The lowest BCUT2D eigenvalue weighted by Gasteiger charge is -2.01. The highest BCUT2D eigenvalue weighted by molar-refractivity contribution is 5.85. The Morgan fingerprint density at radius 2 is 1.71 bits per heavy atom. The van der Waals surface area contributed by atoms with E-state index in [9.17, 15) is 0 Å². The van der Waals surface area contributed by atoms with E-state index in [-0.39, 0.29) is 0 Å². The summed E-state index contributed by atoms with van der Waals surface area (Å²) in [6, 6.07) is 8.63. The third kappa shape index (κ3) is 3.36. The minimum absolute atomic E-state index is 1.19. The molecule has 0 aliphatic carbocycles. The average Bonchev–Trinajstić information content (AvgIpc) is 2.77. The molecule has 0 aliphatic rings. The van der Waals surface area contributed by atoms with Crippen molar-refractivity contribution in [2.45, 2.75) is 51.9 Å². The summed E-state index contributed by atoms with van der Waals surface area (Å²) in [5, 5.41) is 2.74. The van der Waals surface area contributed by atoms with Crippen LogP contribution in [-0.2, 0) is 6.42 Å². The van der Waals surface area contributed by atoms with E-state index in [1.54, 1.807) is 0 Å². The van der Waals surface area contributed by atoms with Crippen molar-refractivity contribution in [2.75, 3.05) is 0 Å². The minimum Gasteiger partial charge on any atom is -0.364 e. The molecule has 0 saturated heterocycles. The van der Waals surface area contributed by atoms with E-state index in [1.165, 1.54) is 61.4 Å². The molecule has 2 aromatic rings. The number of aromatic amines is 1. The lowest BCUT2D eigenvalue weighted by Crippen LogP contribution is -1.87. The molecule has 1 nitrogen and oxygen atoms in total. The van der Waals surface area contributed by atoms with Gasteiger partial charge in [0.25, 0.3) is 0 Å². The fourth-order valence-corrected chi connectivity index (χ4v) is 2.43. The Kier molecular flexibility index (Phi) is 4.66. The average molecular weight is 229 g/mol. The normalized spacial score (nSPS) is 11.1. The van der Waals surface area contributed by atoms with Gasteiger partial charge in [0.15, 0.2) is 0 Å². The van der Waals surface area contributed by atoms with E-state index in [4.69, 9.17) is 0 Å². The van der Waals surface area contributed by atoms with Gasteiger partial charge in [-0.15, -0.1) is 0 Å². The van der Waals surface area contributed by atoms with Crippen molar-refractivity contribution in [1.82, 2.24) is 4.98 Å². The topological polar surface area (TPSA) is 15.8 Å². The highest BCUT2D eigenvalue weighted by atomic mass is 14.7. The number of H-pyrrole nitrogens is 1. The number of nitrogens with one attached hydrogen (secondary N) is 1. The molecule has 17 heavy (non-hydrogen) atoms. The molecule has 2 rings (SSSR count). The second-order valence-corrected chi connectivity index (χ2v) is 4.87. The van der Waals surface area contributed by atoms with Gasteiger partial charge in [0.05, 0.1) is 0 Å². The van der Waals surface area contributed by atoms with Crippen molar-refractivity contribution >= 4 is 10.8 Å². The molecule has 1 N–H and O–H groups in total. The van der Waals surface area contributed by atoms with Crippen molar-refractivity contribution in [2.24, 2.45) is 0 Å². The molecule has 1 aromatic heterocycles. The van der Waals surface area contributed by atoms with E-state index in [2.05, 4.69) is 42.4 Å². The largest absolute Gasteiger partial charge is 0.364 e. The molecule has 0 unspecified atom stereocenters. The van der Waals surface area contributed by atoms with E-state index < -0.39 is 0 Å². The minimum atomic E-state index is 1.19. The number of aryl methyl sites for hydroxylation is 1. The number of aromatic nitrogens is 1. The second kappa shape index (κ2) is 6.48. The first kappa shape index (κ1) is 12.2. The van der Waals surface area contributed by atoms with Crippen molar-refractivity contribution < 1.29 is 0 Å². The van der Waals surface area contributed by atoms with Crippen LogP contribution in [0.2, 0.25) is 0 Å². The van der Waals surface area contributed by atoms with Gasteiger partial charge in [-0.25, -0.2) is 0 Å². The Bertz CT molecular complexity index is 441. The summed E-state index contributed by atoms with van der Waals surface area (Å²) >= 11 is 0. The maximum absolute atomic E-state index is 3.42. The van der Waals surface area contributed by atoms with Gasteiger partial charge >= 0.3 is 0 Å². The molecule has 0 bridgehead atoms. The number of unbranched alkanes of at least 4 members (excludes halogenated alkanes) is 5. The van der Waals surface area contributed by atoms with Crippen LogP contribution < -0.4 is 0 Å². The summed E-state index contributed by atoms with van der Waals surface area (Å²) in [6.45, 7) is 2.27. The van der Waals surface area contributed by atoms with Crippen LogP contribution in [0.1, 0.15) is 51.1 Å². The molecule has 1 heteroatoms. The smallest absolute Gasteiger partial charge is 0.0226 e. The third-order valence-electron chi connectivity index (χ3n) is 3.47. The molecule has 0 radical (unpaired) electrons. The summed E-state index contributed by atoms with van der Waals surface area (Å²) in [7, 11) is 0. The Labute approximate surface area is 104 Å². The maximum Gasteiger partial charge on any atom is 0.0226 e. The lowest BCUT2D eigenvalue weighted by atomic mass is 10.1. The van der Waals surface area contributed by atoms with E-state index in [0.717, 1.165) is 0 Å². The Morgan fingerprint density at radius 1 is 0.941 bits per heavy atom. The number of fused-ring (bicyclic) bond motifs is 1. The fourth-order valence-electron chi connectivity index (χ4n) is 2.43. The summed E-state index contributed by atoms with van der Waals surface area (Å²) < 4.78 is 0. The van der Waals surface area contributed by atoms with Gasteiger partial charge in [0.2, 0.25) is 0 Å². The first-order valence-electron chi connectivity index (χ1n) is 6.97. The number of rotatable bonds is 7. The molecule has 0 fully saturated rings. The van der Waals surface area contributed by atoms with Crippen LogP contribution >= 0.6 is 0 Å². The molecule has 1 heterocycles. The third-order valence-corrected chi connectivity index (χ3v) is 3.47. The van der Waals surface area contributed by atoms with Crippen LogP contribution in [-0.4, -0.2) is 4.98 Å². The molecule has 0 spiro atoms. The quantitative estimate of drug-likeness (QED) is 0.638. The molecule has 92 valence electrons. The highest BCUT2D eigenvalue weighted by Gasteiger charge is 2.01. The number of hydrogen-bond acceptors (Lipinski definition) is 0. The van der Waals surface area contributed by atoms with Gasteiger partial charge < -0.3 is 4.98 Å². The van der Waals surface area contributed by atoms with E-state index in [1.807, 2.05) is 0 Å². The zero-order valence-electron chi connectivity index (χ0n) is 10.8. The zero-order valence-corrected chi connectivity index (χ0v) is 10.8. The van der Waals surface area contributed by atoms with Crippen LogP contribution in [0.3, 0.4) is 0 Å². The van der Waals surface area contributed by atoms with Crippen molar-refractivity contribution in [3.63, 3.8) is 0 Å². The molecular weight excluding hydrogens is 206 g/mol. The van der Waals surface area contributed by atoms with Crippen molar-refractivity contribution in [3.8, 4) is 0 Å². The SMILES string of the molecule is CCCCCCCCc1[nH]cc2ccccc12. The summed E-state index contributed by atoms with van der Waals surface area (Å²) in [4.78, 5) is 3.42. The fraction of sp³-hybridized carbons (Fsp3) is 0.500. The molecule has 0 saturated carbocycles. The molecule has 0 atom stereocenters. The summed E-state index contributed by atoms with van der Waals surface area (Å²) in [5.41, 5.74) is 1.41. The monoisotopic (exact) mass is 229 g/mol. The summed E-state index contributed by atoms with van der Waals surface area (Å²) in [6.07, 6.45) is 11.5. The lowest BCUT2D eigenvalue weighted by molar-refractivity contribution is 0.606. The Balaban J connectivity index is 1.79. The first-order valence-corrected chi connectivity index (χ1v) is 6.97. The number of benzene rings is 1. The Morgan fingerprint density at radius 3 is 2.59 bits per heavy atom. The zero-order chi connectivity index (χ0) is 11.9. The maximum atomic E-state index is 3.42. The highest BCUT2D eigenvalue weighted by Crippen LogP contribution is 2.19. The molecule has 1 aromatic carbocycles. The van der Waals surface area contributed by atoms with E-state index in [0.29, 0.717) is 0 Å². The summed E-state index contributed by atoms with van der Waals surface area (Å²) in [5.74, 6) is 0. The predicted octanol–water partition coefficient (Wildman–Crippen LogP) is 5.07. The van der Waals surface area contributed by atoms with Crippen molar-refractivity contribution in [1.29, 1.82) is 0 Å². The van der Waals surface area contributed by atoms with Crippen LogP contribution in [0.25, 0.3) is 10.8 Å².